The molecule has 0 aromatic rings. The van der Waals surface area contributed by atoms with Gasteiger partial charge in [-0.2, -0.15) is 17.6 Å². The highest BCUT2D eigenvalue weighted by atomic mass is 32.1. The van der Waals surface area contributed by atoms with Crippen LogP contribution in [0, 0.1) is 0 Å². The number of ether oxygens (including phenoxy) is 1. The van der Waals surface area contributed by atoms with E-state index in [0.717, 1.165) is 0 Å². The largest absolute Gasteiger partial charge is 0.458 e. The van der Waals surface area contributed by atoms with Gasteiger partial charge in [0.2, 0.25) is 6.08 Å². The van der Waals surface area contributed by atoms with Crippen LogP contribution < -0.4 is 0 Å². The molecule has 0 rings (SSSR count). The smallest absolute Gasteiger partial charge is 0.333 e. The van der Waals surface area contributed by atoms with Gasteiger partial charge in [0, 0.05) is 5.75 Å². The van der Waals surface area contributed by atoms with E-state index in [9.17, 15) is 9.59 Å². The predicted molar refractivity (Wildman–Crippen MR) is 51.6 cm³/mol. The lowest BCUT2D eigenvalue weighted by Crippen LogP contribution is -2.31. The minimum absolute atomic E-state index is 0.143. The van der Waals surface area contributed by atoms with Gasteiger partial charge in [0.1, 0.15) is 5.60 Å². The van der Waals surface area contributed by atoms with Crippen LogP contribution in [0.5, 0.6) is 0 Å². The zero-order valence-electron chi connectivity index (χ0n) is 7.90. The Bertz CT molecular complexity index is 228. The Kier molecular flexibility index (Phi) is 4.73. The van der Waals surface area contributed by atoms with Crippen LogP contribution in [0.15, 0.2) is 4.99 Å². The Morgan fingerprint density at radius 2 is 2.15 bits per heavy atom. The number of carbonyl (C=O) groups excluding carboxylic acids is 2. The number of rotatable bonds is 3. The topological polar surface area (TPSA) is 55.7 Å². The van der Waals surface area contributed by atoms with Crippen molar-refractivity contribution in [2.75, 3.05) is 5.75 Å². The summed E-state index contributed by atoms with van der Waals surface area (Å²) in [5.74, 6) is -0.407. The quantitative estimate of drug-likeness (QED) is 0.322. The molecule has 0 bridgehead atoms. The Labute approximate surface area is 82.8 Å². The molecule has 0 aliphatic rings. The third-order valence-electron chi connectivity index (χ3n) is 1.06. The van der Waals surface area contributed by atoms with E-state index in [2.05, 4.69) is 17.6 Å². The Morgan fingerprint density at radius 3 is 2.46 bits per heavy atom. The van der Waals surface area contributed by atoms with Gasteiger partial charge in [-0.25, -0.2) is 9.59 Å². The molecule has 0 N–H and O–H groups in total. The molecular formula is C8H13NO3S. The summed E-state index contributed by atoms with van der Waals surface area (Å²) < 4.78 is 4.98. The van der Waals surface area contributed by atoms with Gasteiger partial charge in [-0.3, -0.25) is 0 Å². The average Bonchev–Trinajstić information content (AvgIpc) is 1.96. The zero-order valence-corrected chi connectivity index (χ0v) is 8.80. The highest BCUT2D eigenvalue weighted by Gasteiger charge is 2.23. The van der Waals surface area contributed by atoms with Crippen molar-refractivity contribution in [3.8, 4) is 0 Å². The number of carbonyl (C=O) groups is 1. The molecular weight excluding hydrogens is 190 g/mol. The second-order valence-corrected chi connectivity index (χ2v) is 3.82. The Balaban J connectivity index is 4.31. The summed E-state index contributed by atoms with van der Waals surface area (Å²) in [7, 11) is 0. The van der Waals surface area contributed by atoms with Crippen molar-refractivity contribution in [3.63, 3.8) is 0 Å². The van der Waals surface area contributed by atoms with Crippen molar-refractivity contribution in [1.82, 2.24) is 0 Å². The van der Waals surface area contributed by atoms with E-state index in [4.69, 9.17) is 4.74 Å². The van der Waals surface area contributed by atoms with Crippen molar-refractivity contribution >= 4 is 24.7 Å². The summed E-state index contributed by atoms with van der Waals surface area (Å²) >= 11 is 3.87. The van der Waals surface area contributed by atoms with Crippen LogP contribution in [0.4, 0.5) is 0 Å². The fourth-order valence-corrected chi connectivity index (χ4v) is 0.832. The Hall–Kier alpha value is -0.800. The number of thiol groups is 1. The first-order chi connectivity index (χ1) is 5.90. The van der Waals surface area contributed by atoms with Crippen LogP contribution in [-0.4, -0.2) is 29.4 Å². The standard InChI is InChI=1S/C8H13NO3S/c1-8(2,3)12-7(11)6(4-13)9-5-10/h6,13H,4H2,1-3H3/t6-/m0/s1. The molecule has 0 radical (unpaired) electrons. The lowest BCUT2D eigenvalue weighted by atomic mass is 10.2. The summed E-state index contributed by atoms with van der Waals surface area (Å²) in [6.45, 7) is 5.22. The molecule has 0 aliphatic heterocycles. The summed E-state index contributed by atoms with van der Waals surface area (Å²) in [4.78, 5) is 24.4. The summed E-state index contributed by atoms with van der Waals surface area (Å²) in [6, 6.07) is -0.847. The third kappa shape index (κ3) is 5.44. The number of hydrogen-bond donors (Lipinski definition) is 1. The fraction of sp³-hybridized carbons (Fsp3) is 0.750. The number of aliphatic imine (C=N–C) groups is 1. The molecule has 0 saturated carbocycles. The van der Waals surface area contributed by atoms with E-state index in [0.29, 0.717) is 0 Å². The summed E-state index contributed by atoms with van der Waals surface area (Å²) in [5.41, 5.74) is -0.573. The summed E-state index contributed by atoms with van der Waals surface area (Å²) in [5, 5.41) is 0. The van der Waals surface area contributed by atoms with Crippen LogP contribution in [0.25, 0.3) is 0 Å². The maximum absolute atomic E-state index is 11.2. The number of isocyanates is 1. The Morgan fingerprint density at radius 1 is 1.62 bits per heavy atom. The van der Waals surface area contributed by atoms with E-state index in [-0.39, 0.29) is 5.75 Å². The molecule has 74 valence electrons. The predicted octanol–water partition coefficient (Wildman–Crippen LogP) is 0.962. The molecule has 0 unspecified atom stereocenters. The summed E-state index contributed by atoms with van der Waals surface area (Å²) in [6.07, 6.45) is 1.31. The normalized spacial score (nSPS) is 12.9. The number of nitrogens with zero attached hydrogens (tertiary/aromatic N) is 1. The van der Waals surface area contributed by atoms with E-state index in [1.807, 2.05) is 0 Å². The molecule has 4 nitrogen and oxygen atoms in total. The van der Waals surface area contributed by atoms with Crippen molar-refractivity contribution in [3.05, 3.63) is 0 Å². The van der Waals surface area contributed by atoms with Gasteiger partial charge >= 0.3 is 5.97 Å². The lowest BCUT2D eigenvalue weighted by Gasteiger charge is -2.20. The third-order valence-corrected chi connectivity index (χ3v) is 1.41. The first kappa shape index (κ1) is 12.2. The fourth-order valence-electron chi connectivity index (χ4n) is 0.601. The molecule has 0 spiro atoms. The molecule has 5 heteroatoms. The number of hydrogen-bond acceptors (Lipinski definition) is 5. The minimum atomic E-state index is -0.847. The van der Waals surface area contributed by atoms with Gasteiger partial charge < -0.3 is 4.74 Å². The van der Waals surface area contributed by atoms with Gasteiger partial charge in [-0.15, -0.1) is 0 Å². The van der Waals surface area contributed by atoms with Gasteiger partial charge in [-0.05, 0) is 20.8 Å². The molecule has 1 atom stereocenters. The van der Waals surface area contributed by atoms with Crippen molar-refractivity contribution in [2.45, 2.75) is 32.4 Å². The van der Waals surface area contributed by atoms with Crippen LogP contribution in [0.2, 0.25) is 0 Å². The number of esters is 1. The first-order valence-corrected chi connectivity index (χ1v) is 4.44. The van der Waals surface area contributed by atoms with Gasteiger partial charge in [0.05, 0.1) is 0 Å². The van der Waals surface area contributed by atoms with Crippen LogP contribution in [-0.2, 0) is 14.3 Å². The maximum Gasteiger partial charge on any atom is 0.333 e. The van der Waals surface area contributed by atoms with E-state index in [1.165, 1.54) is 6.08 Å². The average molecular weight is 203 g/mol. The van der Waals surface area contributed by atoms with Crippen molar-refractivity contribution < 1.29 is 14.3 Å². The highest BCUT2D eigenvalue weighted by molar-refractivity contribution is 7.80. The van der Waals surface area contributed by atoms with E-state index in [1.54, 1.807) is 20.8 Å². The van der Waals surface area contributed by atoms with Crippen LogP contribution >= 0.6 is 12.6 Å². The molecule has 0 fully saturated rings. The monoisotopic (exact) mass is 203 g/mol. The highest BCUT2D eigenvalue weighted by Crippen LogP contribution is 2.10. The molecule has 0 aromatic heterocycles. The van der Waals surface area contributed by atoms with E-state index < -0.39 is 17.6 Å². The maximum atomic E-state index is 11.2. The van der Waals surface area contributed by atoms with Crippen molar-refractivity contribution in [1.29, 1.82) is 0 Å². The lowest BCUT2D eigenvalue weighted by molar-refractivity contribution is -0.155. The molecule has 0 aliphatic carbocycles. The van der Waals surface area contributed by atoms with E-state index >= 15 is 0 Å². The van der Waals surface area contributed by atoms with Crippen LogP contribution in [0.3, 0.4) is 0 Å². The van der Waals surface area contributed by atoms with Gasteiger partial charge in [-0.1, -0.05) is 0 Å². The second kappa shape index (κ2) is 5.04. The van der Waals surface area contributed by atoms with Crippen molar-refractivity contribution in [2.24, 2.45) is 4.99 Å². The first-order valence-electron chi connectivity index (χ1n) is 3.81. The van der Waals surface area contributed by atoms with Crippen LogP contribution in [0.1, 0.15) is 20.8 Å². The molecule has 0 aromatic carbocycles. The molecule has 0 heterocycles. The van der Waals surface area contributed by atoms with Gasteiger partial charge in [0.15, 0.2) is 6.04 Å². The van der Waals surface area contributed by atoms with Gasteiger partial charge in [0.25, 0.3) is 0 Å². The minimum Gasteiger partial charge on any atom is -0.458 e. The SMILES string of the molecule is CC(C)(C)OC(=O)[C@H](CS)N=C=O. The zero-order chi connectivity index (χ0) is 10.5. The molecule has 13 heavy (non-hydrogen) atoms. The second-order valence-electron chi connectivity index (χ2n) is 3.45. The molecule has 0 amide bonds. The molecule has 0 saturated heterocycles.